The van der Waals surface area contributed by atoms with E-state index in [4.69, 9.17) is 5.73 Å². The van der Waals surface area contributed by atoms with Gasteiger partial charge in [0, 0.05) is 19.5 Å². The molecule has 4 N–H and O–H groups in total. The molecule has 0 aromatic carbocycles. The highest BCUT2D eigenvalue weighted by molar-refractivity contribution is 5.93. The molecule has 0 radical (unpaired) electrons. The standard InChI is InChI=1S/C9H19N3O3/c1-9(2,15)6-12(3)5-4-7(13)11-8(10)14/h15H,4-6H2,1-3H3,(H3,10,11,13,14). The summed E-state index contributed by atoms with van der Waals surface area (Å²) in [6.45, 7) is 4.29. The highest BCUT2D eigenvalue weighted by Gasteiger charge is 2.16. The van der Waals surface area contributed by atoms with Crippen LogP contribution in [0.4, 0.5) is 4.79 Å². The fourth-order valence-electron chi connectivity index (χ4n) is 1.23. The molecule has 6 heteroatoms. The van der Waals surface area contributed by atoms with Crippen LogP contribution in [0, 0.1) is 0 Å². The Morgan fingerprint density at radius 2 is 2.00 bits per heavy atom. The van der Waals surface area contributed by atoms with Crippen LogP contribution in [0.1, 0.15) is 20.3 Å². The number of nitrogens with one attached hydrogen (secondary N) is 1. The Bertz CT molecular complexity index is 235. The molecule has 0 aromatic rings. The SMILES string of the molecule is CN(CCC(=O)NC(N)=O)CC(C)(C)O. The van der Waals surface area contributed by atoms with E-state index in [1.807, 2.05) is 5.32 Å². The lowest BCUT2D eigenvalue weighted by atomic mass is 10.1. The van der Waals surface area contributed by atoms with Crippen LogP contribution in [0.5, 0.6) is 0 Å². The summed E-state index contributed by atoms with van der Waals surface area (Å²) in [4.78, 5) is 23.1. The summed E-state index contributed by atoms with van der Waals surface area (Å²) in [5, 5.41) is 11.5. The number of urea groups is 1. The molecule has 0 atom stereocenters. The Hall–Kier alpha value is -1.14. The number of carbonyl (C=O) groups is 2. The number of amides is 3. The van der Waals surface area contributed by atoms with Crippen LogP contribution in [-0.2, 0) is 4.79 Å². The van der Waals surface area contributed by atoms with Crippen LogP contribution in [0.25, 0.3) is 0 Å². The molecule has 0 unspecified atom stereocenters. The molecule has 0 aliphatic heterocycles. The van der Waals surface area contributed by atoms with E-state index in [0.29, 0.717) is 13.1 Å². The predicted molar refractivity (Wildman–Crippen MR) is 56.1 cm³/mol. The Morgan fingerprint density at radius 1 is 1.47 bits per heavy atom. The van der Waals surface area contributed by atoms with Crippen molar-refractivity contribution in [3.8, 4) is 0 Å². The van der Waals surface area contributed by atoms with E-state index in [2.05, 4.69) is 0 Å². The number of aliphatic hydroxyl groups is 1. The number of nitrogens with two attached hydrogens (primary N) is 1. The van der Waals surface area contributed by atoms with Crippen LogP contribution in [0.15, 0.2) is 0 Å². The number of likely N-dealkylation sites (N-methyl/N-ethyl adjacent to an activating group) is 1. The highest BCUT2D eigenvalue weighted by atomic mass is 16.3. The van der Waals surface area contributed by atoms with Crippen molar-refractivity contribution in [2.75, 3.05) is 20.1 Å². The van der Waals surface area contributed by atoms with Gasteiger partial charge in [0.15, 0.2) is 0 Å². The molecule has 0 saturated heterocycles. The monoisotopic (exact) mass is 217 g/mol. The number of carbonyl (C=O) groups excluding carboxylic acids is 2. The van der Waals surface area contributed by atoms with Crippen molar-refractivity contribution in [3.63, 3.8) is 0 Å². The fraction of sp³-hybridized carbons (Fsp3) is 0.778. The fourth-order valence-corrected chi connectivity index (χ4v) is 1.23. The van der Waals surface area contributed by atoms with Crippen LogP contribution >= 0.6 is 0 Å². The molecule has 0 heterocycles. The van der Waals surface area contributed by atoms with Gasteiger partial charge in [-0.3, -0.25) is 10.1 Å². The van der Waals surface area contributed by atoms with Gasteiger partial charge in [0.05, 0.1) is 5.60 Å². The number of primary amides is 1. The van der Waals surface area contributed by atoms with Crippen molar-refractivity contribution >= 4 is 11.9 Å². The summed E-state index contributed by atoms with van der Waals surface area (Å²) >= 11 is 0. The second kappa shape index (κ2) is 5.67. The summed E-state index contributed by atoms with van der Waals surface area (Å²) in [6, 6.07) is -0.842. The summed E-state index contributed by atoms with van der Waals surface area (Å²) in [6.07, 6.45) is 0.176. The summed E-state index contributed by atoms with van der Waals surface area (Å²) in [5.41, 5.74) is 3.98. The van der Waals surface area contributed by atoms with Crippen LogP contribution < -0.4 is 11.1 Å². The van der Waals surface area contributed by atoms with Crippen molar-refractivity contribution in [2.24, 2.45) is 5.73 Å². The number of imide groups is 1. The van der Waals surface area contributed by atoms with E-state index < -0.39 is 17.5 Å². The molecule has 0 aliphatic rings. The topological polar surface area (TPSA) is 95.7 Å². The minimum atomic E-state index is -0.842. The van der Waals surface area contributed by atoms with Crippen LogP contribution in [0.3, 0.4) is 0 Å². The summed E-state index contributed by atoms with van der Waals surface area (Å²) < 4.78 is 0. The largest absolute Gasteiger partial charge is 0.389 e. The maximum atomic E-state index is 11.0. The van der Waals surface area contributed by atoms with Gasteiger partial charge in [-0.1, -0.05) is 0 Å². The van der Waals surface area contributed by atoms with Gasteiger partial charge in [0.25, 0.3) is 0 Å². The summed E-state index contributed by atoms with van der Waals surface area (Å²) in [7, 11) is 1.79. The van der Waals surface area contributed by atoms with Gasteiger partial charge in [0.2, 0.25) is 5.91 Å². The third kappa shape index (κ3) is 9.17. The third-order valence-corrected chi connectivity index (χ3v) is 1.64. The lowest BCUT2D eigenvalue weighted by molar-refractivity contribution is -0.120. The molecule has 6 nitrogen and oxygen atoms in total. The average molecular weight is 217 g/mol. The molecule has 3 amide bonds. The van der Waals surface area contributed by atoms with Crippen molar-refractivity contribution < 1.29 is 14.7 Å². The Balaban J connectivity index is 3.76. The van der Waals surface area contributed by atoms with Gasteiger partial charge in [-0.25, -0.2) is 4.79 Å². The second-order valence-electron chi connectivity index (χ2n) is 4.21. The first-order valence-corrected chi connectivity index (χ1v) is 4.71. The molecule has 0 bridgehead atoms. The van der Waals surface area contributed by atoms with E-state index >= 15 is 0 Å². The van der Waals surface area contributed by atoms with E-state index in [1.165, 1.54) is 0 Å². The normalized spacial score (nSPS) is 11.5. The average Bonchev–Trinajstić information content (AvgIpc) is 1.96. The van der Waals surface area contributed by atoms with Gasteiger partial charge in [-0.15, -0.1) is 0 Å². The molecule has 0 aromatic heterocycles. The predicted octanol–water partition coefficient (Wildman–Crippen LogP) is -0.726. The second-order valence-corrected chi connectivity index (χ2v) is 4.21. The maximum absolute atomic E-state index is 11.0. The number of rotatable bonds is 5. The highest BCUT2D eigenvalue weighted by Crippen LogP contribution is 2.03. The van der Waals surface area contributed by atoms with E-state index in [-0.39, 0.29) is 6.42 Å². The number of hydrogen-bond donors (Lipinski definition) is 3. The Morgan fingerprint density at radius 3 is 2.40 bits per heavy atom. The lowest BCUT2D eigenvalue weighted by Crippen LogP contribution is -2.40. The number of hydrogen-bond acceptors (Lipinski definition) is 4. The van der Waals surface area contributed by atoms with Gasteiger partial charge in [0.1, 0.15) is 0 Å². The minimum Gasteiger partial charge on any atom is -0.389 e. The molecule has 0 rings (SSSR count). The molecule has 0 saturated carbocycles. The Labute approximate surface area is 89.4 Å². The third-order valence-electron chi connectivity index (χ3n) is 1.64. The van der Waals surface area contributed by atoms with Gasteiger partial charge >= 0.3 is 6.03 Å². The zero-order chi connectivity index (χ0) is 12.1. The van der Waals surface area contributed by atoms with Crippen molar-refractivity contribution in [1.29, 1.82) is 0 Å². The van der Waals surface area contributed by atoms with Crippen LogP contribution in [0.2, 0.25) is 0 Å². The minimum absolute atomic E-state index is 0.176. The van der Waals surface area contributed by atoms with Gasteiger partial charge in [-0.2, -0.15) is 0 Å². The van der Waals surface area contributed by atoms with Crippen molar-refractivity contribution in [2.45, 2.75) is 25.9 Å². The number of nitrogens with zero attached hydrogens (tertiary/aromatic N) is 1. The molecule has 0 spiro atoms. The lowest BCUT2D eigenvalue weighted by Gasteiger charge is -2.24. The van der Waals surface area contributed by atoms with Crippen molar-refractivity contribution in [3.05, 3.63) is 0 Å². The quantitative estimate of drug-likeness (QED) is 0.566. The molecule has 88 valence electrons. The first-order valence-electron chi connectivity index (χ1n) is 4.71. The van der Waals surface area contributed by atoms with E-state index in [0.717, 1.165) is 0 Å². The smallest absolute Gasteiger partial charge is 0.318 e. The molecule has 0 fully saturated rings. The zero-order valence-corrected chi connectivity index (χ0v) is 9.41. The molecule has 0 aliphatic carbocycles. The van der Waals surface area contributed by atoms with E-state index in [9.17, 15) is 14.7 Å². The first kappa shape index (κ1) is 13.9. The zero-order valence-electron chi connectivity index (χ0n) is 9.41. The van der Waals surface area contributed by atoms with Crippen molar-refractivity contribution in [1.82, 2.24) is 10.2 Å². The molecule has 15 heavy (non-hydrogen) atoms. The molecular weight excluding hydrogens is 198 g/mol. The summed E-state index contributed by atoms with van der Waals surface area (Å²) in [5.74, 6) is -0.412. The molecular formula is C9H19N3O3. The Kier molecular flexibility index (Phi) is 5.24. The van der Waals surface area contributed by atoms with E-state index in [1.54, 1.807) is 25.8 Å². The maximum Gasteiger partial charge on any atom is 0.318 e. The van der Waals surface area contributed by atoms with Gasteiger partial charge < -0.3 is 15.7 Å². The first-order chi connectivity index (χ1) is 6.70. The van der Waals surface area contributed by atoms with Crippen LogP contribution in [-0.4, -0.2) is 47.7 Å². The van der Waals surface area contributed by atoms with Gasteiger partial charge in [-0.05, 0) is 20.9 Å².